The quantitative estimate of drug-likeness (QED) is 0.555. The van der Waals surface area contributed by atoms with Crippen LogP contribution in [0.5, 0.6) is 0 Å². The van der Waals surface area contributed by atoms with Crippen LogP contribution < -0.4 is 0 Å². The molecule has 0 aliphatic heterocycles. The molecule has 0 unspecified atom stereocenters. The third-order valence-corrected chi connectivity index (χ3v) is 2.12. The van der Waals surface area contributed by atoms with Gasteiger partial charge in [0.15, 0.2) is 0 Å². The molecule has 0 nitrogen and oxygen atoms in total. The van der Waals surface area contributed by atoms with Crippen molar-refractivity contribution in [2.24, 2.45) is 0 Å². The summed E-state index contributed by atoms with van der Waals surface area (Å²) in [5.74, 6) is 2.59. The lowest BCUT2D eigenvalue weighted by Crippen LogP contribution is -1.75. The molecule has 0 radical (unpaired) electrons. The summed E-state index contributed by atoms with van der Waals surface area (Å²) in [6.07, 6.45) is 10.5. The van der Waals surface area contributed by atoms with Crippen LogP contribution >= 0.6 is 15.9 Å². The average Bonchev–Trinajstić information content (AvgIpc) is 2.19. The highest BCUT2D eigenvalue weighted by Crippen LogP contribution is 2.05. The molecule has 0 saturated heterocycles. The Hall–Kier alpha value is -1.00. The normalized spacial score (nSPS) is 10.2. The largest absolute Gasteiger partial charge is 0.115 e. The molecule has 66 valence electrons. The number of allylic oxidation sites excluding steroid dienone is 1. The van der Waals surface area contributed by atoms with Gasteiger partial charge in [-0.2, -0.15) is 0 Å². The lowest BCUT2D eigenvalue weighted by atomic mass is 10.1. The molecule has 0 aliphatic rings. The van der Waals surface area contributed by atoms with Crippen molar-refractivity contribution in [2.45, 2.75) is 6.42 Å². The Morgan fingerprint density at radius 2 is 2.00 bits per heavy atom. The zero-order valence-corrected chi connectivity index (χ0v) is 8.92. The third-order valence-electron chi connectivity index (χ3n) is 1.66. The molecule has 0 aromatic heterocycles. The number of halogens is 1. The second-order valence-electron chi connectivity index (χ2n) is 2.65. The fourth-order valence-electron chi connectivity index (χ4n) is 0.973. The Labute approximate surface area is 87.8 Å². The van der Waals surface area contributed by atoms with Crippen LogP contribution in [-0.4, -0.2) is 5.33 Å². The summed E-state index contributed by atoms with van der Waals surface area (Å²) in [5, 5.41) is 1.01. The molecule has 0 amide bonds. The number of rotatable bonds is 3. The highest BCUT2D eigenvalue weighted by Gasteiger charge is 1.86. The van der Waals surface area contributed by atoms with Crippen LogP contribution in [-0.2, 0) is 0 Å². The van der Waals surface area contributed by atoms with Gasteiger partial charge in [0.05, 0.1) is 0 Å². The van der Waals surface area contributed by atoms with Gasteiger partial charge in [0.2, 0.25) is 0 Å². The molecule has 1 rings (SSSR count). The van der Waals surface area contributed by atoms with E-state index in [4.69, 9.17) is 6.42 Å². The summed E-state index contributed by atoms with van der Waals surface area (Å²) in [4.78, 5) is 0. The fourth-order valence-corrected chi connectivity index (χ4v) is 1.24. The Morgan fingerprint density at radius 1 is 1.31 bits per heavy atom. The van der Waals surface area contributed by atoms with E-state index in [2.05, 4.69) is 34.0 Å². The van der Waals surface area contributed by atoms with Crippen molar-refractivity contribution in [3.05, 3.63) is 41.5 Å². The zero-order chi connectivity index (χ0) is 9.52. The van der Waals surface area contributed by atoms with E-state index in [1.54, 1.807) is 0 Å². The monoisotopic (exact) mass is 234 g/mol. The zero-order valence-electron chi connectivity index (χ0n) is 7.33. The number of hydrogen-bond donors (Lipinski definition) is 0. The number of alkyl halides is 1. The summed E-state index contributed by atoms with van der Waals surface area (Å²) in [7, 11) is 0. The predicted molar refractivity (Wildman–Crippen MR) is 61.8 cm³/mol. The van der Waals surface area contributed by atoms with Crippen molar-refractivity contribution in [2.75, 3.05) is 5.33 Å². The molecule has 0 spiro atoms. The van der Waals surface area contributed by atoms with Crippen molar-refractivity contribution >= 4 is 22.0 Å². The molecule has 13 heavy (non-hydrogen) atoms. The number of hydrogen-bond acceptors (Lipinski definition) is 0. The minimum absolute atomic E-state index is 0.928. The maximum atomic E-state index is 5.25. The summed E-state index contributed by atoms with van der Waals surface area (Å²) in [6.45, 7) is 0. The van der Waals surface area contributed by atoms with E-state index in [-0.39, 0.29) is 0 Å². The summed E-state index contributed by atoms with van der Waals surface area (Å²) in [6, 6.07) is 7.96. The van der Waals surface area contributed by atoms with Gasteiger partial charge >= 0.3 is 0 Å². The SMILES string of the molecule is C#Cc1ccc(C=CCCBr)cc1. The van der Waals surface area contributed by atoms with Gasteiger partial charge in [-0.15, -0.1) is 6.42 Å². The van der Waals surface area contributed by atoms with Gasteiger partial charge in [-0.05, 0) is 24.1 Å². The lowest BCUT2D eigenvalue weighted by molar-refractivity contribution is 1.27. The van der Waals surface area contributed by atoms with Gasteiger partial charge < -0.3 is 0 Å². The Balaban J connectivity index is 2.65. The minimum Gasteiger partial charge on any atom is -0.115 e. The topological polar surface area (TPSA) is 0 Å². The molecule has 0 heterocycles. The molecule has 0 saturated carbocycles. The highest BCUT2D eigenvalue weighted by atomic mass is 79.9. The first-order valence-corrected chi connectivity index (χ1v) is 5.28. The number of terminal acetylenes is 1. The van der Waals surface area contributed by atoms with E-state index in [9.17, 15) is 0 Å². The summed E-state index contributed by atoms with van der Waals surface area (Å²) >= 11 is 3.37. The molecule has 0 atom stereocenters. The molecular formula is C12H11Br. The molecule has 0 fully saturated rings. The van der Waals surface area contributed by atoms with E-state index in [1.165, 1.54) is 5.56 Å². The van der Waals surface area contributed by atoms with Crippen LogP contribution in [0.3, 0.4) is 0 Å². The van der Waals surface area contributed by atoms with Crippen LogP contribution in [0.4, 0.5) is 0 Å². The molecule has 0 aliphatic carbocycles. The van der Waals surface area contributed by atoms with E-state index in [0.29, 0.717) is 0 Å². The standard InChI is InChI=1S/C12H11Br/c1-2-11-6-8-12(9-7-11)5-3-4-10-13/h1,3,5-9H,4,10H2. The maximum absolute atomic E-state index is 5.25. The van der Waals surface area contributed by atoms with Crippen LogP contribution in [0.1, 0.15) is 17.5 Å². The summed E-state index contributed by atoms with van der Waals surface area (Å²) in [5.41, 5.74) is 2.12. The first-order chi connectivity index (χ1) is 6.36. The summed E-state index contributed by atoms with van der Waals surface area (Å²) < 4.78 is 0. The first-order valence-electron chi connectivity index (χ1n) is 4.16. The molecule has 0 N–H and O–H groups in total. The highest BCUT2D eigenvalue weighted by molar-refractivity contribution is 9.09. The lowest BCUT2D eigenvalue weighted by Gasteiger charge is -1.93. The van der Waals surface area contributed by atoms with Crippen molar-refractivity contribution in [1.29, 1.82) is 0 Å². The minimum atomic E-state index is 0.928. The van der Waals surface area contributed by atoms with E-state index in [1.807, 2.05) is 24.3 Å². The van der Waals surface area contributed by atoms with Gasteiger partial charge in [-0.25, -0.2) is 0 Å². The van der Waals surface area contributed by atoms with E-state index >= 15 is 0 Å². The van der Waals surface area contributed by atoms with Crippen LogP contribution in [0.25, 0.3) is 6.08 Å². The average molecular weight is 235 g/mol. The molecule has 1 aromatic carbocycles. The predicted octanol–water partition coefficient (Wildman–Crippen LogP) is 3.47. The van der Waals surface area contributed by atoms with Gasteiger partial charge in [-0.1, -0.05) is 46.1 Å². The van der Waals surface area contributed by atoms with Gasteiger partial charge in [0.1, 0.15) is 0 Å². The second-order valence-corrected chi connectivity index (χ2v) is 3.44. The smallest absolute Gasteiger partial charge is 0.0243 e. The third kappa shape index (κ3) is 3.48. The second kappa shape index (κ2) is 5.61. The van der Waals surface area contributed by atoms with Gasteiger partial charge in [-0.3, -0.25) is 0 Å². The van der Waals surface area contributed by atoms with E-state index < -0.39 is 0 Å². The van der Waals surface area contributed by atoms with Crippen LogP contribution in [0.2, 0.25) is 0 Å². The van der Waals surface area contributed by atoms with Gasteiger partial charge in [0, 0.05) is 10.9 Å². The van der Waals surface area contributed by atoms with Crippen molar-refractivity contribution in [3.8, 4) is 12.3 Å². The number of benzene rings is 1. The molecule has 1 heteroatoms. The molecule has 1 aromatic rings. The van der Waals surface area contributed by atoms with Crippen LogP contribution in [0, 0.1) is 12.3 Å². The van der Waals surface area contributed by atoms with Crippen molar-refractivity contribution < 1.29 is 0 Å². The Bertz CT molecular complexity index is 314. The van der Waals surface area contributed by atoms with E-state index in [0.717, 1.165) is 17.3 Å². The maximum Gasteiger partial charge on any atom is 0.0243 e. The van der Waals surface area contributed by atoms with Gasteiger partial charge in [0.25, 0.3) is 0 Å². The Kier molecular flexibility index (Phi) is 4.35. The first kappa shape index (κ1) is 10.1. The van der Waals surface area contributed by atoms with Crippen molar-refractivity contribution in [3.63, 3.8) is 0 Å². The molecule has 0 bridgehead atoms. The van der Waals surface area contributed by atoms with Crippen molar-refractivity contribution in [1.82, 2.24) is 0 Å². The fraction of sp³-hybridized carbons (Fsp3) is 0.167. The van der Waals surface area contributed by atoms with Crippen LogP contribution in [0.15, 0.2) is 30.3 Å². The Morgan fingerprint density at radius 3 is 2.54 bits per heavy atom. The molecular weight excluding hydrogens is 224 g/mol.